The number of hydrogen-bond donors (Lipinski definition) is 1. The molecule has 2 aromatic rings. The molecular weight excluding hydrogens is 212 g/mol. The van der Waals surface area contributed by atoms with E-state index in [1.807, 2.05) is 28.8 Å². The molecule has 5 nitrogen and oxygen atoms in total. The molecule has 0 unspecified atom stereocenters. The molecule has 78 valence electrons. The SMILES string of the molecule is CNC(=O)CSc1nnc2ccccn12. The zero-order valence-electron chi connectivity index (χ0n) is 8.17. The van der Waals surface area contributed by atoms with Crippen LogP contribution in [0.25, 0.3) is 5.65 Å². The molecule has 2 rings (SSSR count). The average molecular weight is 222 g/mol. The van der Waals surface area contributed by atoms with Crippen LogP contribution in [0.2, 0.25) is 0 Å². The molecule has 0 spiro atoms. The van der Waals surface area contributed by atoms with Gasteiger partial charge in [0.05, 0.1) is 5.75 Å². The summed E-state index contributed by atoms with van der Waals surface area (Å²) < 4.78 is 1.85. The molecule has 0 radical (unpaired) electrons. The maximum Gasteiger partial charge on any atom is 0.230 e. The number of pyridine rings is 1. The fraction of sp³-hybridized carbons (Fsp3) is 0.222. The van der Waals surface area contributed by atoms with Crippen LogP contribution in [0.1, 0.15) is 0 Å². The van der Waals surface area contributed by atoms with Gasteiger partial charge in [-0.2, -0.15) is 0 Å². The molecular formula is C9H10N4OS. The van der Waals surface area contributed by atoms with E-state index in [1.165, 1.54) is 11.8 Å². The molecule has 0 bridgehead atoms. The van der Waals surface area contributed by atoms with E-state index in [0.717, 1.165) is 10.8 Å². The van der Waals surface area contributed by atoms with Crippen molar-refractivity contribution < 1.29 is 4.79 Å². The Morgan fingerprint density at radius 2 is 2.40 bits per heavy atom. The highest BCUT2D eigenvalue weighted by Crippen LogP contribution is 2.15. The smallest absolute Gasteiger partial charge is 0.230 e. The van der Waals surface area contributed by atoms with Crippen LogP contribution < -0.4 is 5.32 Å². The van der Waals surface area contributed by atoms with E-state index < -0.39 is 0 Å². The maximum atomic E-state index is 11.1. The summed E-state index contributed by atoms with van der Waals surface area (Å²) in [6.07, 6.45) is 1.88. The second-order valence-corrected chi connectivity index (χ2v) is 3.82. The first-order valence-corrected chi connectivity index (χ1v) is 5.43. The van der Waals surface area contributed by atoms with E-state index in [1.54, 1.807) is 7.05 Å². The van der Waals surface area contributed by atoms with Crippen LogP contribution >= 0.6 is 11.8 Å². The Morgan fingerprint density at radius 3 is 3.20 bits per heavy atom. The van der Waals surface area contributed by atoms with Crippen LogP contribution in [0.4, 0.5) is 0 Å². The van der Waals surface area contributed by atoms with Crippen molar-refractivity contribution in [3.8, 4) is 0 Å². The normalized spacial score (nSPS) is 10.5. The average Bonchev–Trinajstić information content (AvgIpc) is 2.69. The van der Waals surface area contributed by atoms with Gasteiger partial charge in [0.15, 0.2) is 10.8 Å². The van der Waals surface area contributed by atoms with E-state index in [-0.39, 0.29) is 5.91 Å². The summed E-state index contributed by atoms with van der Waals surface area (Å²) in [6.45, 7) is 0. The molecule has 15 heavy (non-hydrogen) atoms. The molecule has 6 heteroatoms. The number of aromatic nitrogens is 3. The number of hydrogen-bond acceptors (Lipinski definition) is 4. The molecule has 0 atom stereocenters. The van der Waals surface area contributed by atoms with Crippen LogP contribution in [0.15, 0.2) is 29.6 Å². The Labute approximate surface area is 90.9 Å². The highest BCUT2D eigenvalue weighted by atomic mass is 32.2. The zero-order valence-corrected chi connectivity index (χ0v) is 8.99. The molecule has 0 saturated heterocycles. The Morgan fingerprint density at radius 1 is 1.53 bits per heavy atom. The number of carbonyl (C=O) groups excluding carboxylic acids is 1. The van der Waals surface area contributed by atoms with Crippen LogP contribution in [-0.4, -0.2) is 33.3 Å². The first-order valence-electron chi connectivity index (χ1n) is 4.44. The molecule has 1 N–H and O–H groups in total. The molecule has 0 aliphatic carbocycles. The van der Waals surface area contributed by atoms with Gasteiger partial charge in [-0.15, -0.1) is 10.2 Å². The molecule has 2 aromatic heterocycles. The second-order valence-electron chi connectivity index (χ2n) is 2.87. The van der Waals surface area contributed by atoms with E-state index in [0.29, 0.717) is 5.75 Å². The summed E-state index contributed by atoms with van der Waals surface area (Å²) in [7, 11) is 1.62. The van der Waals surface area contributed by atoms with Gasteiger partial charge in [-0.25, -0.2) is 0 Å². The van der Waals surface area contributed by atoms with Gasteiger partial charge in [0.25, 0.3) is 0 Å². The largest absolute Gasteiger partial charge is 0.358 e. The van der Waals surface area contributed by atoms with Gasteiger partial charge < -0.3 is 5.32 Å². The van der Waals surface area contributed by atoms with Gasteiger partial charge in [0, 0.05) is 13.2 Å². The van der Waals surface area contributed by atoms with E-state index >= 15 is 0 Å². The lowest BCUT2D eigenvalue weighted by Gasteiger charge is -1.98. The summed E-state index contributed by atoms with van der Waals surface area (Å²) in [4.78, 5) is 11.1. The quantitative estimate of drug-likeness (QED) is 0.771. The van der Waals surface area contributed by atoms with Crippen LogP contribution in [0, 0.1) is 0 Å². The highest BCUT2D eigenvalue weighted by Gasteiger charge is 2.06. The topological polar surface area (TPSA) is 59.3 Å². The molecule has 1 amide bonds. The minimum Gasteiger partial charge on any atom is -0.358 e. The van der Waals surface area contributed by atoms with Crippen molar-refractivity contribution >= 4 is 23.3 Å². The maximum absolute atomic E-state index is 11.1. The van der Waals surface area contributed by atoms with Gasteiger partial charge in [-0.3, -0.25) is 9.20 Å². The van der Waals surface area contributed by atoms with E-state index in [2.05, 4.69) is 15.5 Å². The lowest BCUT2D eigenvalue weighted by molar-refractivity contribution is -0.118. The summed E-state index contributed by atoms with van der Waals surface area (Å²) in [5, 5.41) is 11.3. The standard InChI is InChI=1S/C9H10N4OS/c1-10-8(14)6-15-9-12-11-7-4-2-3-5-13(7)9/h2-5H,6H2,1H3,(H,10,14). The fourth-order valence-corrected chi connectivity index (χ4v) is 1.92. The molecule has 0 aliphatic heterocycles. The molecule has 0 aromatic carbocycles. The molecule has 2 heterocycles. The minimum absolute atomic E-state index is 0.0207. The zero-order chi connectivity index (χ0) is 10.7. The Hall–Kier alpha value is -1.56. The van der Waals surface area contributed by atoms with Crippen molar-refractivity contribution in [1.82, 2.24) is 19.9 Å². The van der Waals surface area contributed by atoms with Gasteiger partial charge >= 0.3 is 0 Å². The van der Waals surface area contributed by atoms with Gasteiger partial charge in [0.1, 0.15) is 0 Å². The second kappa shape index (κ2) is 4.31. The minimum atomic E-state index is -0.0207. The summed E-state index contributed by atoms with van der Waals surface area (Å²) >= 11 is 1.37. The van der Waals surface area contributed by atoms with Crippen LogP contribution in [0.5, 0.6) is 0 Å². The van der Waals surface area contributed by atoms with Crippen molar-refractivity contribution in [1.29, 1.82) is 0 Å². The summed E-state index contributed by atoms with van der Waals surface area (Å²) in [5.74, 6) is 0.333. The third-order valence-corrected chi connectivity index (χ3v) is 2.84. The number of amides is 1. The third kappa shape index (κ3) is 2.10. The van der Waals surface area contributed by atoms with Gasteiger partial charge in [-0.1, -0.05) is 17.8 Å². The monoisotopic (exact) mass is 222 g/mol. The van der Waals surface area contributed by atoms with Crippen molar-refractivity contribution in [2.75, 3.05) is 12.8 Å². The first kappa shape index (κ1) is 9.97. The molecule has 0 saturated carbocycles. The number of fused-ring (bicyclic) bond motifs is 1. The Kier molecular flexibility index (Phi) is 2.86. The predicted molar refractivity (Wildman–Crippen MR) is 57.8 cm³/mol. The number of rotatable bonds is 3. The fourth-order valence-electron chi connectivity index (χ4n) is 1.12. The summed E-state index contributed by atoms with van der Waals surface area (Å²) in [5.41, 5.74) is 0.789. The summed E-state index contributed by atoms with van der Waals surface area (Å²) in [6, 6.07) is 5.68. The van der Waals surface area contributed by atoms with Crippen molar-refractivity contribution in [2.45, 2.75) is 5.16 Å². The number of carbonyl (C=O) groups is 1. The lowest BCUT2D eigenvalue weighted by atomic mass is 10.5. The Bertz CT molecular complexity index is 482. The highest BCUT2D eigenvalue weighted by molar-refractivity contribution is 7.99. The van der Waals surface area contributed by atoms with Crippen LogP contribution in [-0.2, 0) is 4.79 Å². The van der Waals surface area contributed by atoms with E-state index in [9.17, 15) is 4.79 Å². The Balaban J connectivity index is 2.18. The van der Waals surface area contributed by atoms with Crippen molar-refractivity contribution in [3.05, 3.63) is 24.4 Å². The number of thioether (sulfide) groups is 1. The van der Waals surface area contributed by atoms with E-state index in [4.69, 9.17) is 0 Å². The van der Waals surface area contributed by atoms with Gasteiger partial charge in [-0.05, 0) is 12.1 Å². The van der Waals surface area contributed by atoms with Gasteiger partial charge in [0.2, 0.25) is 5.91 Å². The molecule has 0 fully saturated rings. The lowest BCUT2D eigenvalue weighted by Crippen LogP contribution is -2.19. The molecule has 0 aliphatic rings. The van der Waals surface area contributed by atoms with Crippen molar-refractivity contribution in [2.24, 2.45) is 0 Å². The first-order chi connectivity index (χ1) is 7.31. The van der Waals surface area contributed by atoms with Crippen molar-refractivity contribution in [3.63, 3.8) is 0 Å². The third-order valence-electron chi connectivity index (χ3n) is 1.89. The number of nitrogens with zero attached hydrogens (tertiary/aromatic N) is 3. The number of nitrogens with one attached hydrogen (secondary N) is 1. The van der Waals surface area contributed by atoms with Crippen LogP contribution in [0.3, 0.4) is 0 Å². The predicted octanol–water partition coefficient (Wildman–Crippen LogP) is 0.567.